The van der Waals surface area contributed by atoms with Crippen LogP contribution in [0.3, 0.4) is 0 Å². The zero-order valence-electron chi connectivity index (χ0n) is 12.9. The summed E-state index contributed by atoms with van der Waals surface area (Å²) in [4.78, 5) is 14.5. The van der Waals surface area contributed by atoms with Gasteiger partial charge >= 0.3 is 0 Å². The van der Waals surface area contributed by atoms with Crippen LogP contribution < -0.4 is 0 Å². The summed E-state index contributed by atoms with van der Waals surface area (Å²) in [7, 11) is -2.88. The Balaban J connectivity index is 1.98. The Bertz CT molecular complexity index is 470. The monoisotopic (exact) mass is 301 g/mol. The summed E-state index contributed by atoms with van der Waals surface area (Å²) < 4.78 is 23.0. The fourth-order valence-corrected chi connectivity index (χ4v) is 5.37. The summed E-state index contributed by atoms with van der Waals surface area (Å²) in [6, 6.07) is 0.318. The van der Waals surface area contributed by atoms with Gasteiger partial charge in [0.05, 0.1) is 11.5 Å². The van der Waals surface area contributed by atoms with Gasteiger partial charge in [0.2, 0.25) is 5.91 Å². The summed E-state index contributed by atoms with van der Waals surface area (Å²) in [5.74, 6) is 0.665. The van der Waals surface area contributed by atoms with Gasteiger partial charge in [0.1, 0.15) is 0 Å². The smallest absolute Gasteiger partial charge is 0.223 e. The van der Waals surface area contributed by atoms with Crippen molar-refractivity contribution < 1.29 is 13.2 Å². The van der Waals surface area contributed by atoms with Gasteiger partial charge in [0.15, 0.2) is 9.84 Å². The van der Waals surface area contributed by atoms with Crippen LogP contribution in [0.25, 0.3) is 0 Å². The molecule has 4 nitrogen and oxygen atoms in total. The van der Waals surface area contributed by atoms with Crippen LogP contribution in [0, 0.1) is 11.3 Å². The van der Waals surface area contributed by atoms with E-state index < -0.39 is 9.84 Å². The third kappa shape index (κ3) is 3.35. The van der Waals surface area contributed by atoms with E-state index in [2.05, 4.69) is 20.8 Å². The molecule has 0 aromatic rings. The van der Waals surface area contributed by atoms with E-state index >= 15 is 0 Å². The molecule has 0 aliphatic carbocycles. The van der Waals surface area contributed by atoms with E-state index in [1.807, 2.05) is 4.90 Å². The molecule has 5 heteroatoms. The van der Waals surface area contributed by atoms with E-state index in [0.717, 1.165) is 25.8 Å². The molecule has 0 aromatic heterocycles. The molecule has 20 heavy (non-hydrogen) atoms. The summed E-state index contributed by atoms with van der Waals surface area (Å²) in [5, 5.41) is 0. The molecule has 2 saturated heterocycles. The molecule has 2 aliphatic heterocycles. The van der Waals surface area contributed by atoms with Crippen molar-refractivity contribution in [2.24, 2.45) is 11.3 Å². The van der Waals surface area contributed by atoms with Crippen molar-refractivity contribution in [1.82, 2.24) is 4.90 Å². The summed E-state index contributed by atoms with van der Waals surface area (Å²) in [6.07, 6.45) is 4.27. The van der Waals surface area contributed by atoms with Gasteiger partial charge in [-0.2, -0.15) is 0 Å². The van der Waals surface area contributed by atoms with Crippen molar-refractivity contribution in [2.75, 3.05) is 18.1 Å². The van der Waals surface area contributed by atoms with Crippen LogP contribution in [0.5, 0.6) is 0 Å². The van der Waals surface area contributed by atoms with Crippen molar-refractivity contribution in [1.29, 1.82) is 0 Å². The first-order chi connectivity index (χ1) is 9.25. The van der Waals surface area contributed by atoms with Crippen LogP contribution in [0.1, 0.15) is 52.9 Å². The number of carbonyl (C=O) groups excluding carboxylic acids is 1. The Morgan fingerprint density at radius 1 is 1.30 bits per heavy atom. The second-order valence-electron chi connectivity index (χ2n) is 7.06. The minimum atomic E-state index is -2.88. The Morgan fingerprint density at radius 3 is 2.55 bits per heavy atom. The standard InChI is InChI=1S/C15H27NO3S/c1-4-15(2,3)13-6-5-8-16(13)14(17)10-12-7-9-20(18,19)11-12/h12-13H,4-11H2,1-3H3/t12-,13+/m0/s1. The maximum Gasteiger partial charge on any atom is 0.223 e. The van der Waals surface area contributed by atoms with E-state index in [1.54, 1.807) is 0 Å². The van der Waals surface area contributed by atoms with Crippen molar-refractivity contribution >= 4 is 15.7 Å². The normalized spacial score (nSPS) is 29.9. The van der Waals surface area contributed by atoms with Gasteiger partial charge in [-0.15, -0.1) is 0 Å². The minimum absolute atomic E-state index is 0.0403. The molecule has 0 unspecified atom stereocenters. The van der Waals surface area contributed by atoms with Gasteiger partial charge < -0.3 is 4.90 Å². The second kappa shape index (κ2) is 5.66. The van der Waals surface area contributed by atoms with Crippen LogP contribution in [-0.4, -0.2) is 43.3 Å². The number of likely N-dealkylation sites (tertiary alicyclic amines) is 1. The summed E-state index contributed by atoms with van der Waals surface area (Å²) in [5.41, 5.74) is 0.147. The molecule has 0 N–H and O–H groups in total. The van der Waals surface area contributed by atoms with E-state index in [0.29, 0.717) is 18.9 Å². The zero-order valence-corrected chi connectivity index (χ0v) is 13.7. The highest BCUT2D eigenvalue weighted by Crippen LogP contribution is 2.36. The lowest BCUT2D eigenvalue weighted by Gasteiger charge is -2.37. The molecule has 2 heterocycles. The van der Waals surface area contributed by atoms with E-state index in [4.69, 9.17) is 0 Å². The van der Waals surface area contributed by atoms with Gasteiger partial charge in [-0.1, -0.05) is 20.8 Å². The number of carbonyl (C=O) groups is 1. The SMILES string of the molecule is CCC(C)(C)[C@H]1CCCN1C(=O)C[C@@H]1CCS(=O)(=O)C1. The van der Waals surface area contributed by atoms with Gasteiger partial charge in [0, 0.05) is 19.0 Å². The number of hydrogen-bond acceptors (Lipinski definition) is 3. The number of sulfone groups is 1. The molecule has 0 radical (unpaired) electrons. The first kappa shape index (κ1) is 15.8. The average molecular weight is 301 g/mol. The molecule has 2 rings (SSSR count). The lowest BCUT2D eigenvalue weighted by atomic mass is 9.80. The highest BCUT2D eigenvalue weighted by molar-refractivity contribution is 7.91. The van der Waals surface area contributed by atoms with E-state index in [9.17, 15) is 13.2 Å². The summed E-state index contributed by atoms with van der Waals surface area (Å²) in [6.45, 7) is 7.46. The minimum Gasteiger partial charge on any atom is -0.339 e. The topological polar surface area (TPSA) is 54.5 Å². The van der Waals surface area contributed by atoms with Crippen LogP contribution >= 0.6 is 0 Å². The highest BCUT2D eigenvalue weighted by atomic mass is 32.2. The Hall–Kier alpha value is -0.580. The summed E-state index contributed by atoms with van der Waals surface area (Å²) >= 11 is 0. The molecule has 0 saturated carbocycles. The molecule has 0 bridgehead atoms. The Morgan fingerprint density at radius 2 is 2.00 bits per heavy atom. The quantitative estimate of drug-likeness (QED) is 0.800. The van der Waals surface area contributed by atoms with Gasteiger partial charge in [-0.3, -0.25) is 4.79 Å². The highest BCUT2D eigenvalue weighted by Gasteiger charge is 2.39. The molecule has 2 aliphatic rings. The molecule has 2 fully saturated rings. The van der Waals surface area contributed by atoms with Crippen molar-refractivity contribution in [3.8, 4) is 0 Å². The number of rotatable bonds is 4. The molecular formula is C15H27NO3S. The van der Waals surface area contributed by atoms with E-state index in [1.165, 1.54) is 0 Å². The first-order valence-corrected chi connectivity index (χ1v) is 9.57. The van der Waals surface area contributed by atoms with Crippen molar-refractivity contribution in [3.05, 3.63) is 0 Å². The van der Waals surface area contributed by atoms with Crippen LogP contribution in [0.4, 0.5) is 0 Å². The molecule has 0 aromatic carbocycles. The number of hydrogen-bond donors (Lipinski definition) is 0. The van der Waals surface area contributed by atoms with Crippen LogP contribution in [-0.2, 0) is 14.6 Å². The predicted molar refractivity (Wildman–Crippen MR) is 80.2 cm³/mol. The Labute approximate surface area is 122 Å². The fraction of sp³-hybridized carbons (Fsp3) is 0.933. The first-order valence-electron chi connectivity index (χ1n) is 7.75. The number of nitrogens with zero attached hydrogens (tertiary/aromatic N) is 1. The molecule has 116 valence electrons. The number of amides is 1. The van der Waals surface area contributed by atoms with Crippen LogP contribution in [0.15, 0.2) is 0 Å². The van der Waals surface area contributed by atoms with Crippen LogP contribution in [0.2, 0.25) is 0 Å². The molecule has 2 atom stereocenters. The lowest BCUT2D eigenvalue weighted by molar-refractivity contribution is -0.135. The Kier molecular flexibility index (Phi) is 4.47. The molecule has 0 spiro atoms. The fourth-order valence-electron chi connectivity index (χ4n) is 3.51. The third-order valence-corrected chi connectivity index (χ3v) is 7.01. The largest absolute Gasteiger partial charge is 0.339 e. The van der Waals surface area contributed by atoms with E-state index in [-0.39, 0.29) is 28.7 Å². The van der Waals surface area contributed by atoms with Crippen molar-refractivity contribution in [3.63, 3.8) is 0 Å². The molecular weight excluding hydrogens is 274 g/mol. The second-order valence-corrected chi connectivity index (χ2v) is 9.29. The predicted octanol–water partition coefficient (Wildman–Crippen LogP) is 2.24. The zero-order chi connectivity index (χ0) is 15.0. The average Bonchev–Trinajstić information content (AvgIpc) is 2.96. The van der Waals surface area contributed by atoms with Gasteiger partial charge in [-0.25, -0.2) is 8.42 Å². The third-order valence-electron chi connectivity index (χ3n) is 5.18. The lowest BCUT2D eigenvalue weighted by Crippen LogP contribution is -2.44. The van der Waals surface area contributed by atoms with Gasteiger partial charge in [0.25, 0.3) is 0 Å². The maximum atomic E-state index is 12.5. The molecule has 1 amide bonds. The van der Waals surface area contributed by atoms with Gasteiger partial charge in [-0.05, 0) is 37.0 Å². The van der Waals surface area contributed by atoms with Crippen molar-refractivity contribution in [2.45, 2.75) is 58.9 Å². The maximum absolute atomic E-state index is 12.5.